The van der Waals surface area contributed by atoms with Gasteiger partial charge < -0.3 is 34.3 Å². The van der Waals surface area contributed by atoms with E-state index in [4.69, 9.17) is 18.9 Å². The van der Waals surface area contributed by atoms with Gasteiger partial charge in [0.25, 0.3) is 0 Å². The molecule has 9 heteroatoms. The van der Waals surface area contributed by atoms with Crippen LogP contribution in [0.1, 0.15) is 67.2 Å². The Morgan fingerprint density at radius 2 is 1.84 bits per heavy atom. The van der Waals surface area contributed by atoms with E-state index in [1.165, 1.54) is 6.92 Å². The van der Waals surface area contributed by atoms with Gasteiger partial charge in [0.15, 0.2) is 12.4 Å². The highest BCUT2D eigenvalue weighted by Gasteiger charge is 2.56. The number of rotatable bonds is 7. The predicted molar refractivity (Wildman–Crippen MR) is 135 cm³/mol. The van der Waals surface area contributed by atoms with Crippen LogP contribution in [-0.2, 0) is 28.5 Å². The molecule has 0 bridgehead atoms. The summed E-state index contributed by atoms with van der Waals surface area (Å²) in [6, 6.07) is 0. The van der Waals surface area contributed by atoms with Gasteiger partial charge in [-0.25, -0.2) is 4.79 Å². The third-order valence-electron chi connectivity index (χ3n) is 8.66. The molecule has 1 saturated heterocycles. The molecule has 0 aromatic carbocycles. The minimum absolute atomic E-state index is 0.0981. The summed E-state index contributed by atoms with van der Waals surface area (Å²) in [6.07, 6.45) is -3.08. The number of esters is 2. The van der Waals surface area contributed by atoms with Gasteiger partial charge in [-0.05, 0) is 51.4 Å². The highest BCUT2D eigenvalue weighted by molar-refractivity contribution is 5.87. The molecule has 0 amide bonds. The Kier molecular flexibility index (Phi) is 9.61. The molecule has 0 aromatic rings. The first-order chi connectivity index (χ1) is 17.3. The fourth-order valence-corrected chi connectivity index (χ4v) is 6.17. The summed E-state index contributed by atoms with van der Waals surface area (Å²) in [4.78, 5) is 24.0. The molecule has 37 heavy (non-hydrogen) atoms. The van der Waals surface area contributed by atoms with Crippen LogP contribution in [-0.4, -0.2) is 76.8 Å². The van der Waals surface area contributed by atoms with Gasteiger partial charge in [0, 0.05) is 23.8 Å². The summed E-state index contributed by atoms with van der Waals surface area (Å²) < 4.78 is 23.1. The summed E-state index contributed by atoms with van der Waals surface area (Å²) in [5, 5.41) is 33.1. The van der Waals surface area contributed by atoms with Crippen LogP contribution in [0, 0.1) is 23.2 Å². The van der Waals surface area contributed by atoms with Crippen molar-refractivity contribution in [1.29, 1.82) is 0 Å². The first-order valence-corrected chi connectivity index (χ1v) is 13.3. The number of aliphatic hydroxyl groups excluding tert-OH is 3. The van der Waals surface area contributed by atoms with Crippen molar-refractivity contribution in [2.24, 2.45) is 23.2 Å². The molecule has 10 atom stereocenters. The summed E-state index contributed by atoms with van der Waals surface area (Å²) in [7, 11) is 0. The van der Waals surface area contributed by atoms with Crippen LogP contribution in [0.5, 0.6) is 0 Å². The highest BCUT2D eigenvalue weighted by atomic mass is 16.7. The standard InChI is InChI=1S/C28H44O9/c1-8-15(4)26(33)36-25-22(31)19(13-34-17(6)29)35-27(23(25)32)37-24-18(14(2)3)11-12-28(7)20(30)10-9-16(5)21(24)28/h8,14,18-25,27,30-32H,5,9-13H2,1-4,6-7H3. The van der Waals surface area contributed by atoms with Crippen LogP contribution in [0.4, 0.5) is 0 Å². The van der Waals surface area contributed by atoms with E-state index >= 15 is 0 Å². The molecule has 1 aliphatic heterocycles. The number of aliphatic hydroxyl groups is 3. The van der Waals surface area contributed by atoms with Gasteiger partial charge >= 0.3 is 11.9 Å². The summed E-state index contributed by atoms with van der Waals surface area (Å²) in [5.74, 6) is -1.07. The Balaban J connectivity index is 1.94. The zero-order chi connectivity index (χ0) is 27.7. The van der Waals surface area contributed by atoms with Crippen molar-refractivity contribution in [2.75, 3.05) is 6.61 Å². The van der Waals surface area contributed by atoms with Crippen LogP contribution in [0.15, 0.2) is 23.8 Å². The van der Waals surface area contributed by atoms with E-state index in [2.05, 4.69) is 27.4 Å². The van der Waals surface area contributed by atoms with E-state index in [0.29, 0.717) is 18.4 Å². The van der Waals surface area contributed by atoms with Crippen LogP contribution in [0.3, 0.4) is 0 Å². The quantitative estimate of drug-likeness (QED) is 0.261. The van der Waals surface area contributed by atoms with Crippen molar-refractivity contribution in [3.63, 3.8) is 0 Å². The van der Waals surface area contributed by atoms with Gasteiger partial charge in [0.2, 0.25) is 0 Å². The van der Waals surface area contributed by atoms with Gasteiger partial charge in [-0.2, -0.15) is 0 Å². The van der Waals surface area contributed by atoms with Crippen LogP contribution < -0.4 is 0 Å². The average molecular weight is 525 g/mol. The van der Waals surface area contributed by atoms with Crippen molar-refractivity contribution in [2.45, 2.75) is 110 Å². The third kappa shape index (κ3) is 6.11. The lowest BCUT2D eigenvalue weighted by atomic mass is 9.53. The first kappa shape index (κ1) is 29.8. The molecule has 10 unspecified atom stereocenters. The largest absolute Gasteiger partial charge is 0.463 e. The lowest BCUT2D eigenvalue weighted by Crippen LogP contribution is -2.63. The number of fused-ring (bicyclic) bond motifs is 1. The first-order valence-electron chi connectivity index (χ1n) is 13.3. The lowest BCUT2D eigenvalue weighted by molar-refractivity contribution is -0.328. The average Bonchev–Trinajstić information content (AvgIpc) is 2.84. The molecular formula is C28H44O9. The van der Waals surface area contributed by atoms with E-state index in [0.717, 1.165) is 18.4 Å². The number of ether oxygens (including phenoxy) is 4. The minimum atomic E-state index is -1.50. The third-order valence-corrected chi connectivity index (χ3v) is 8.66. The molecule has 3 rings (SSSR count). The topological polar surface area (TPSA) is 132 Å². The molecule has 0 radical (unpaired) electrons. The monoisotopic (exact) mass is 524 g/mol. The summed E-state index contributed by atoms with van der Waals surface area (Å²) in [5.41, 5.74) is 0.878. The second-order valence-corrected chi connectivity index (χ2v) is 11.4. The van der Waals surface area contributed by atoms with E-state index in [1.807, 2.05) is 0 Å². The molecule has 2 saturated carbocycles. The second-order valence-electron chi connectivity index (χ2n) is 11.4. The number of hydrogen-bond donors (Lipinski definition) is 3. The van der Waals surface area contributed by atoms with E-state index in [1.54, 1.807) is 19.9 Å². The molecule has 0 aromatic heterocycles. The van der Waals surface area contributed by atoms with Gasteiger partial charge in [-0.15, -0.1) is 0 Å². The molecule has 2 aliphatic carbocycles. The maximum Gasteiger partial charge on any atom is 0.333 e. The molecule has 210 valence electrons. The van der Waals surface area contributed by atoms with Crippen molar-refractivity contribution in [3.05, 3.63) is 23.8 Å². The molecule has 3 aliphatic rings. The van der Waals surface area contributed by atoms with E-state index in [9.17, 15) is 24.9 Å². The molecular weight excluding hydrogens is 480 g/mol. The predicted octanol–water partition coefficient (Wildman–Crippen LogP) is 2.66. The van der Waals surface area contributed by atoms with Crippen molar-refractivity contribution < 1.29 is 43.9 Å². The molecule has 3 N–H and O–H groups in total. The molecule has 9 nitrogen and oxygen atoms in total. The van der Waals surface area contributed by atoms with Gasteiger partial charge in [0.05, 0.1) is 12.2 Å². The van der Waals surface area contributed by atoms with Gasteiger partial charge in [-0.1, -0.05) is 39.0 Å². The van der Waals surface area contributed by atoms with Crippen LogP contribution >= 0.6 is 0 Å². The Labute approximate surface area is 219 Å². The Morgan fingerprint density at radius 1 is 1.16 bits per heavy atom. The molecule has 1 heterocycles. The maximum atomic E-state index is 12.5. The van der Waals surface area contributed by atoms with Gasteiger partial charge in [0.1, 0.15) is 24.9 Å². The Morgan fingerprint density at radius 3 is 2.43 bits per heavy atom. The number of carbonyl (C=O) groups is 2. The second kappa shape index (κ2) is 11.9. The van der Waals surface area contributed by atoms with E-state index < -0.39 is 60.3 Å². The maximum absolute atomic E-state index is 12.5. The van der Waals surface area contributed by atoms with Gasteiger partial charge in [-0.3, -0.25) is 4.79 Å². The highest BCUT2D eigenvalue weighted by Crippen LogP contribution is 2.56. The Bertz CT molecular complexity index is 883. The molecule has 0 spiro atoms. The number of carbonyl (C=O) groups excluding carboxylic acids is 2. The minimum Gasteiger partial charge on any atom is -0.463 e. The molecule has 3 fully saturated rings. The van der Waals surface area contributed by atoms with Crippen molar-refractivity contribution in [1.82, 2.24) is 0 Å². The summed E-state index contributed by atoms with van der Waals surface area (Å²) >= 11 is 0. The van der Waals surface area contributed by atoms with E-state index in [-0.39, 0.29) is 24.4 Å². The van der Waals surface area contributed by atoms with Crippen LogP contribution in [0.25, 0.3) is 0 Å². The zero-order valence-electron chi connectivity index (χ0n) is 22.9. The number of allylic oxidation sites excluding steroid dienone is 1. The normalized spacial score (nSPS) is 40.8. The zero-order valence-corrected chi connectivity index (χ0v) is 22.9. The summed E-state index contributed by atoms with van der Waals surface area (Å²) in [6.45, 7) is 14.8. The van der Waals surface area contributed by atoms with Crippen molar-refractivity contribution in [3.8, 4) is 0 Å². The SMILES string of the molecule is C=C1CCC(O)C2(C)CCC(C(C)C)C(OC3OC(COC(C)=O)C(O)C(OC(=O)C(C)=CC)C3O)C12. The van der Waals surface area contributed by atoms with Crippen LogP contribution in [0.2, 0.25) is 0 Å². The smallest absolute Gasteiger partial charge is 0.333 e. The lowest BCUT2D eigenvalue weighted by Gasteiger charge is -2.56. The van der Waals surface area contributed by atoms with Crippen molar-refractivity contribution >= 4 is 11.9 Å². The fourth-order valence-electron chi connectivity index (χ4n) is 6.17. The number of hydrogen-bond acceptors (Lipinski definition) is 9. The fraction of sp³-hybridized carbons (Fsp3) is 0.786. The Hall–Kier alpha value is -1.78.